The van der Waals surface area contributed by atoms with Gasteiger partial charge in [-0.25, -0.2) is 13.8 Å². The molecule has 1 aromatic rings. The molecule has 1 aliphatic carbocycles. The van der Waals surface area contributed by atoms with Crippen molar-refractivity contribution in [3.05, 3.63) is 11.5 Å². The van der Waals surface area contributed by atoms with Gasteiger partial charge in [0.1, 0.15) is 0 Å². The van der Waals surface area contributed by atoms with Gasteiger partial charge in [-0.15, -0.1) is 0 Å². The normalized spacial score (nSPS) is 23.2. The number of ether oxygens (including phenoxy) is 1. The largest absolute Gasteiger partial charge is 0.478 e. The SMILES string of the molecule is CCOS(=O)(=O)CC1CC(F)(F)C1Oc1cnc(Cl)nc1NC. The summed E-state index contributed by atoms with van der Waals surface area (Å²) in [6.07, 6.45) is -1.04. The molecule has 23 heavy (non-hydrogen) atoms. The lowest BCUT2D eigenvalue weighted by Gasteiger charge is -2.43. The van der Waals surface area contributed by atoms with Crippen LogP contribution < -0.4 is 10.1 Å². The van der Waals surface area contributed by atoms with Crippen LogP contribution in [0.15, 0.2) is 6.20 Å². The van der Waals surface area contributed by atoms with Gasteiger partial charge in [-0.2, -0.15) is 13.4 Å². The summed E-state index contributed by atoms with van der Waals surface area (Å²) < 4.78 is 60.6. The van der Waals surface area contributed by atoms with Crippen molar-refractivity contribution in [1.82, 2.24) is 9.97 Å². The molecule has 2 unspecified atom stereocenters. The van der Waals surface area contributed by atoms with Crippen LogP contribution in [0.25, 0.3) is 0 Å². The van der Waals surface area contributed by atoms with E-state index in [0.717, 1.165) is 6.20 Å². The average Bonchev–Trinajstić information content (AvgIpc) is 2.44. The minimum absolute atomic E-state index is 0.0277. The van der Waals surface area contributed by atoms with Gasteiger partial charge >= 0.3 is 0 Å². The van der Waals surface area contributed by atoms with Crippen molar-refractivity contribution >= 4 is 27.5 Å². The third-order valence-electron chi connectivity index (χ3n) is 3.31. The molecule has 11 heteroatoms. The minimum Gasteiger partial charge on any atom is -0.478 e. The van der Waals surface area contributed by atoms with Crippen LogP contribution in [0.4, 0.5) is 14.6 Å². The average molecular weight is 372 g/mol. The number of alkyl halides is 2. The quantitative estimate of drug-likeness (QED) is 0.578. The van der Waals surface area contributed by atoms with Crippen LogP contribution in [-0.4, -0.2) is 49.8 Å². The number of hydrogen-bond acceptors (Lipinski definition) is 7. The van der Waals surface area contributed by atoms with Gasteiger partial charge in [0, 0.05) is 19.4 Å². The van der Waals surface area contributed by atoms with E-state index in [0.29, 0.717) is 0 Å². The van der Waals surface area contributed by atoms with Gasteiger partial charge in [0.2, 0.25) is 5.28 Å². The Bertz CT molecular complexity index is 674. The molecule has 0 amide bonds. The van der Waals surface area contributed by atoms with Crippen LogP contribution >= 0.6 is 11.6 Å². The van der Waals surface area contributed by atoms with E-state index in [4.69, 9.17) is 16.3 Å². The summed E-state index contributed by atoms with van der Waals surface area (Å²) >= 11 is 5.62. The summed E-state index contributed by atoms with van der Waals surface area (Å²) in [6, 6.07) is 0. The molecule has 7 nitrogen and oxygen atoms in total. The van der Waals surface area contributed by atoms with Crippen LogP contribution in [0.5, 0.6) is 5.75 Å². The Labute approximate surface area is 137 Å². The van der Waals surface area contributed by atoms with Gasteiger partial charge in [-0.05, 0) is 18.5 Å². The molecule has 0 bridgehead atoms. The first-order valence-corrected chi connectivity index (χ1v) is 8.76. The standard InChI is InChI=1S/C12H16ClF2N3O4S/c1-3-21-23(19,20)6-7-4-12(14,15)9(7)22-8-5-17-11(13)18-10(8)16-2/h5,7,9H,3-4,6H2,1-2H3,(H,16,17,18). The van der Waals surface area contributed by atoms with Gasteiger partial charge in [-0.1, -0.05) is 0 Å². The molecular weight excluding hydrogens is 356 g/mol. The monoisotopic (exact) mass is 371 g/mol. The highest BCUT2D eigenvalue weighted by molar-refractivity contribution is 7.86. The first-order valence-electron chi connectivity index (χ1n) is 6.80. The van der Waals surface area contributed by atoms with E-state index < -0.39 is 40.2 Å². The molecule has 1 aromatic heterocycles. The Kier molecular flexibility index (Phi) is 5.27. The number of rotatable bonds is 7. The number of aromatic nitrogens is 2. The molecule has 130 valence electrons. The summed E-state index contributed by atoms with van der Waals surface area (Å²) in [5.74, 6) is -4.46. The molecule has 0 aromatic carbocycles. The molecule has 1 aliphatic rings. The summed E-state index contributed by atoms with van der Waals surface area (Å²) in [4.78, 5) is 7.49. The Hall–Kier alpha value is -1.26. The molecule has 1 fully saturated rings. The van der Waals surface area contributed by atoms with E-state index in [-0.39, 0.29) is 23.5 Å². The Morgan fingerprint density at radius 3 is 2.78 bits per heavy atom. The van der Waals surface area contributed by atoms with Crippen molar-refractivity contribution in [2.45, 2.75) is 25.4 Å². The van der Waals surface area contributed by atoms with Gasteiger partial charge in [0.25, 0.3) is 16.0 Å². The summed E-state index contributed by atoms with van der Waals surface area (Å²) in [6.45, 7) is 1.46. The molecule has 1 heterocycles. The summed E-state index contributed by atoms with van der Waals surface area (Å²) in [5, 5.41) is 2.58. The first-order chi connectivity index (χ1) is 10.7. The third-order valence-corrected chi connectivity index (χ3v) is 4.92. The Balaban J connectivity index is 2.16. The van der Waals surface area contributed by atoms with Gasteiger partial charge in [0.15, 0.2) is 17.7 Å². The van der Waals surface area contributed by atoms with E-state index in [9.17, 15) is 17.2 Å². The van der Waals surface area contributed by atoms with Crippen molar-refractivity contribution in [2.75, 3.05) is 24.7 Å². The zero-order valence-electron chi connectivity index (χ0n) is 12.4. The predicted molar refractivity (Wildman–Crippen MR) is 79.5 cm³/mol. The van der Waals surface area contributed by atoms with Crippen molar-refractivity contribution in [2.24, 2.45) is 5.92 Å². The minimum atomic E-state index is -3.87. The maximum Gasteiger partial charge on any atom is 0.284 e. The molecule has 1 N–H and O–H groups in total. The van der Waals surface area contributed by atoms with Crippen LogP contribution in [0, 0.1) is 5.92 Å². The molecule has 0 spiro atoms. The lowest BCUT2D eigenvalue weighted by molar-refractivity contribution is -0.196. The molecule has 0 saturated heterocycles. The first kappa shape index (κ1) is 18.1. The fourth-order valence-corrected chi connectivity index (χ4v) is 3.73. The number of nitrogens with one attached hydrogen (secondary N) is 1. The van der Waals surface area contributed by atoms with Crippen molar-refractivity contribution in [3.63, 3.8) is 0 Å². The molecule has 1 saturated carbocycles. The van der Waals surface area contributed by atoms with Crippen LogP contribution in [-0.2, 0) is 14.3 Å². The number of anilines is 1. The molecule has 0 aliphatic heterocycles. The second-order valence-electron chi connectivity index (χ2n) is 5.00. The van der Waals surface area contributed by atoms with Gasteiger partial charge < -0.3 is 10.1 Å². The van der Waals surface area contributed by atoms with E-state index in [1.807, 2.05) is 0 Å². The second kappa shape index (κ2) is 6.70. The van der Waals surface area contributed by atoms with Crippen molar-refractivity contribution < 1.29 is 26.1 Å². The highest BCUT2D eigenvalue weighted by Crippen LogP contribution is 2.46. The van der Waals surface area contributed by atoms with Crippen LogP contribution in [0.1, 0.15) is 13.3 Å². The number of halogens is 3. The van der Waals surface area contributed by atoms with Crippen molar-refractivity contribution in [1.29, 1.82) is 0 Å². The molecular formula is C12H16ClF2N3O4S. The lowest BCUT2D eigenvalue weighted by Crippen LogP contribution is -2.58. The zero-order chi connectivity index (χ0) is 17.3. The van der Waals surface area contributed by atoms with Crippen molar-refractivity contribution in [3.8, 4) is 5.75 Å². The third kappa shape index (κ3) is 4.18. The van der Waals surface area contributed by atoms with Gasteiger partial charge in [-0.3, -0.25) is 4.18 Å². The fraction of sp³-hybridized carbons (Fsp3) is 0.667. The number of nitrogens with zero attached hydrogens (tertiary/aromatic N) is 2. The fourth-order valence-electron chi connectivity index (χ4n) is 2.33. The maximum atomic E-state index is 13.8. The zero-order valence-corrected chi connectivity index (χ0v) is 14.0. The highest BCUT2D eigenvalue weighted by atomic mass is 35.5. The molecule has 0 radical (unpaired) electrons. The predicted octanol–water partition coefficient (Wildman–Crippen LogP) is 1.94. The van der Waals surface area contributed by atoms with Gasteiger partial charge in [0.05, 0.1) is 18.6 Å². The molecule has 2 rings (SSSR count). The summed E-state index contributed by atoms with van der Waals surface area (Å²) in [5.41, 5.74) is 0. The Morgan fingerprint density at radius 2 is 2.22 bits per heavy atom. The lowest BCUT2D eigenvalue weighted by atomic mass is 9.79. The van der Waals surface area contributed by atoms with E-state index in [1.165, 1.54) is 14.0 Å². The van der Waals surface area contributed by atoms with E-state index >= 15 is 0 Å². The number of hydrogen-bond donors (Lipinski definition) is 1. The highest BCUT2D eigenvalue weighted by Gasteiger charge is 2.59. The van der Waals surface area contributed by atoms with Crippen LogP contribution in [0.2, 0.25) is 5.28 Å². The maximum absolute atomic E-state index is 13.8. The van der Waals surface area contributed by atoms with E-state index in [1.54, 1.807) is 0 Å². The second-order valence-corrected chi connectivity index (χ2v) is 7.02. The topological polar surface area (TPSA) is 90.4 Å². The van der Waals surface area contributed by atoms with E-state index in [2.05, 4.69) is 19.5 Å². The summed E-state index contributed by atoms with van der Waals surface area (Å²) in [7, 11) is -2.36. The smallest absolute Gasteiger partial charge is 0.284 e. The molecule has 2 atom stereocenters. The van der Waals surface area contributed by atoms with Crippen LogP contribution in [0.3, 0.4) is 0 Å². The Morgan fingerprint density at radius 1 is 1.52 bits per heavy atom.